The van der Waals surface area contributed by atoms with Gasteiger partial charge in [-0.2, -0.15) is 0 Å². The molecule has 1 aliphatic carbocycles. The average Bonchev–Trinajstić information content (AvgIpc) is 3.34. The standard InChI is InChI=1S/C27H25ClFN7O2/c1-15(29)25(37)34-18-9-10-23(30-12-18)26(38)33-16-5-4-6-17(11-16)35-27-32-14-21(28)24(36-27)20-13-31-22-8-3-2-7-19(20)22/h2-3,7-10,12-14,16-17,31H,1,4-6,11H2,(H,33,38)(H,34,37)(H,32,35,36)/t16-,17+/m0/s1. The first-order valence-electron chi connectivity index (χ1n) is 12.2. The normalized spacial score (nSPS) is 17.1. The summed E-state index contributed by atoms with van der Waals surface area (Å²) in [4.78, 5) is 40.5. The Labute approximate surface area is 222 Å². The molecule has 2 atom stereocenters. The molecule has 1 aromatic carbocycles. The lowest BCUT2D eigenvalue weighted by Gasteiger charge is -2.30. The smallest absolute Gasteiger partial charge is 0.283 e. The van der Waals surface area contributed by atoms with Crippen LogP contribution in [0.2, 0.25) is 5.02 Å². The first-order chi connectivity index (χ1) is 18.4. The van der Waals surface area contributed by atoms with Crippen molar-refractivity contribution in [2.45, 2.75) is 37.8 Å². The fourth-order valence-electron chi connectivity index (χ4n) is 4.59. The van der Waals surface area contributed by atoms with E-state index in [9.17, 15) is 14.0 Å². The van der Waals surface area contributed by atoms with E-state index in [0.717, 1.165) is 35.7 Å². The number of carbonyl (C=O) groups excluding carboxylic acids is 2. The van der Waals surface area contributed by atoms with Crippen molar-refractivity contribution < 1.29 is 14.0 Å². The Hall–Kier alpha value is -4.31. The van der Waals surface area contributed by atoms with Crippen LogP contribution in [0.5, 0.6) is 0 Å². The largest absolute Gasteiger partial charge is 0.360 e. The molecular weight excluding hydrogens is 509 g/mol. The summed E-state index contributed by atoms with van der Waals surface area (Å²) >= 11 is 6.46. The lowest BCUT2D eigenvalue weighted by Crippen LogP contribution is -2.42. The van der Waals surface area contributed by atoms with E-state index in [2.05, 4.69) is 37.5 Å². The number of H-pyrrole nitrogens is 1. The van der Waals surface area contributed by atoms with Crippen molar-refractivity contribution in [3.63, 3.8) is 0 Å². The van der Waals surface area contributed by atoms with Gasteiger partial charge in [0.2, 0.25) is 5.95 Å². The zero-order chi connectivity index (χ0) is 26.6. The fraction of sp³-hybridized carbons (Fsp3) is 0.222. The molecular formula is C27H25ClFN7O2. The SMILES string of the molecule is C=C(F)C(=O)Nc1ccc(C(=O)N[C@H]2CCC[C@@H](Nc3ncc(Cl)c(-c4c[nH]c5ccccc45)n3)C2)nc1. The summed E-state index contributed by atoms with van der Waals surface area (Å²) in [7, 11) is 0. The second kappa shape index (κ2) is 11.0. The second-order valence-corrected chi connectivity index (χ2v) is 9.51. The molecule has 3 heterocycles. The van der Waals surface area contributed by atoms with Crippen molar-refractivity contribution in [3.8, 4) is 11.3 Å². The molecule has 0 radical (unpaired) electrons. The van der Waals surface area contributed by atoms with E-state index >= 15 is 0 Å². The molecule has 1 fully saturated rings. The van der Waals surface area contributed by atoms with Crippen LogP contribution < -0.4 is 16.0 Å². The van der Waals surface area contributed by atoms with Crippen LogP contribution in [0.1, 0.15) is 36.2 Å². The van der Waals surface area contributed by atoms with E-state index in [4.69, 9.17) is 16.6 Å². The van der Waals surface area contributed by atoms with E-state index < -0.39 is 11.7 Å². The van der Waals surface area contributed by atoms with Crippen molar-refractivity contribution in [3.05, 3.63) is 78.1 Å². The van der Waals surface area contributed by atoms with Crippen molar-refractivity contribution in [2.24, 2.45) is 0 Å². The quantitative estimate of drug-likeness (QED) is 0.240. The molecule has 0 spiro atoms. The third kappa shape index (κ3) is 5.65. The van der Waals surface area contributed by atoms with Crippen LogP contribution in [-0.4, -0.2) is 43.8 Å². The van der Waals surface area contributed by atoms with Gasteiger partial charge in [0.25, 0.3) is 11.8 Å². The Morgan fingerprint density at radius 3 is 2.68 bits per heavy atom. The molecule has 194 valence electrons. The zero-order valence-corrected chi connectivity index (χ0v) is 21.1. The van der Waals surface area contributed by atoms with Crippen LogP contribution in [0, 0.1) is 0 Å². The highest BCUT2D eigenvalue weighted by molar-refractivity contribution is 6.33. The number of aromatic nitrogens is 4. The van der Waals surface area contributed by atoms with E-state index in [1.807, 2.05) is 30.5 Å². The highest BCUT2D eigenvalue weighted by Crippen LogP contribution is 2.32. The Morgan fingerprint density at radius 2 is 1.89 bits per heavy atom. The number of hydrogen-bond acceptors (Lipinski definition) is 6. The topological polar surface area (TPSA) is 125 Å². The minimum absolute atomic E-state index is 0.0605. The molecule has 4 aromatic rings. The molecule has 0 unspecified atom stereocenters. The molecule has 0 aliphatic heterocycles. The van der Waals surface area contributed by atoms with Crippen molar-refractivity contribution >= 4 is 46.0 Å². The Balaban J connectivity index is 1.22. The maximum Gasteiger partial charge on any atom is 0.283 e. The molecule has 1 saturated carbocycles. The number of benzene rings is 1. The maximum absolute atomic E-state index is 12.9. The van der Waals surface area contributed by atoms with Crippen LogP contribution in [0.25, 0.3) is 22.2 Å². The highest BCUT2D eigenvalue weighted by Gasteiger charge is 2.25. The second-order valence-electron chi connectivity index (χ2n) is 9.11. The molecule has 0 saturated heterocycles. The van der Waals surface area contributed by atoms with Crippen LogP contribution in [0.4, 0.5) is 16.0 Å². The number of para-hydroxylation sites is 1. The highest BCUT2D eigenvalue weighted by atomic mass is 35.5. The number of amides is 2. The first-order valence-corrected chi connectivity index (χ1v) is 12.5. The Morgan fingerprint density at radius 1 is 1.08 bits per heavy atom. The number of nitrogens with zero attached hydrogens (tertiary/aromatic N) is 3. The van der Waals surface area contributed by atoms with E-state index in [1.165, 1.54) is 18.3 Å². The zero-order valence-electron chi connectivity index (χ0n) is 20.3. The minimum atomic E-state index is -1.11. The minimum Gasteiger partial charge on any atom is -0.360 e. The van der Waals surface area contributed by atoms with Crippen molar-refractivity contribution in [1.29, 1.82) is 0 Å². The number of pyridine rings is 1. The van der Waals surface area contributed by atoms with Crippen LogP contribution in [-0.2, 0) is 4.79 Å². The van der Waals surface area contributed by atoms with Crippen LogP contribution in [0.3, 0.4) is 0 Å². The Bertz CT molecular complexity index is 1510. The number of nitrogens with one attached hydrogen (secondary N) is 4. The molecule has 38 heavy (non-hydrogen) atoms. The summed E-state index contributed by atoms with van der Waals surface area (Å²) in [5.74, 6) is -1.91. The third-order valence-electron chi connectivity index (χ3n) is 6.43. The monoisotopic (exact) mass is 533 g/mol. The van der Waals surface area contributed by atoms with Gasteiger partial charge in [0, 0.05) is 34.7 Å². The number of halogens is 2. The van der Waals surface area contributed by atoms with Gasteiger partial charge < -0.3 is 20.9 Å². The average molecular weight is 534 g/mol. The van der Waals surface area contributed by atoms with Gasteiger partial charge >= 0.3 is 0 Å². The number of fused-ring (bicyclic) bond motifs is 1. The van der Waals surface area contributed by atoms with Gasteiger partial charge in [-0.15, -0.1) is 0 Å². The van der Waals surface area contributed by atoms with Gasteiger partial charge in [0.1, 0.15) is 5.69 Å². The van der Waals surface area contributed by atoms with Crippen molar-refractivity contribution in [2.75, 3.05) is 10.6 Å². The van der Waals surface area contributed by atoms with Crippen LogP contribution in [0.15, 0.2) is 67.4 Å². The van der Waals surface area contributed by atoms with Gasteiger partial charge in [-0.25, -0.2) is 19.3 Å². The summed E-state index contributed by atoms with van der Waals surface area (Å²) in [6.45, 7) is 2.94. The predicted molar refractivity (Wildman–Crippen MR) is 145 cm³/mol. The fourth-order valence-corrected chi connectivity index (χ4v) is 4.78. The summed E-state index contributed by atoms with van der Waals surface area (Å²) in [6, 6.07) is 10.9. The summed E-state index contributed by atoms with van der Waals surface area (Å²) in [6.07, 6.45) is 8.12. The molecule has 4 N–H and O–H groups in total. The number of aromatic amines is 1. The summed E-state index contributed by atoms with van der Waals surface area (Å²) < 4.78 is 12.9. The van der Waals surface area contributed by atoms with Gasteiger partial charge in [-0.05, 0) is 43.9 Å². The summed E-state index contributed by atoms with van der Waals surface area (Å²) in [5.41, 5.74) is 3.00. The lowest BCUT2D eigenvalue weighted by molar-refractivity contribution is -0.114. The van der Waals surface area contributed by atoms with Gasteiger partial charge in [0.05, 0.1) is 28.8 Å². The van der Waals surface area contributed by atoms with Crippen LogP contribution >= 0.6 is 11.6 Å². The number of rotatable bonds is 7. The number of carbonyl (C=O) groups is 2. The Kier molecular flexibility index (Phi) is 7.32. The van der Waals surface area contributed by atoms with Gasteiger partial charge in [-0.1, -0.05) is 36.4 Å². The molecule has 3 aromatic heterocycles. The van der Waals surface area contributed by atoms with E-state index in [0.29, 0.717) is 23.1 Å². The molecule has 0 bridgehead atoms. The molecule has 5 rings (SSSR count). The van der Waals surface area contributed by atoms with Gasteiger partial charge in [0.15, 0.2) is 5.83 Å². The predicted octanol–water partition coefficient (Wildman–Crippen LogP) is 5.25. The van der Waals surface area contributed by atoms with E-state index in [1.54, 1.807) is 6.20 Å². The van der Waals surface area contributed by atoms with Gasteiger partial charge in [-0.3, -0.25) is 9.59 Å². The molecule has 2 amide bonds. The maximum atomic E-state index is 12.9. The molecule has 1 aliphatic rings. The third-order valence-corrected chi connectivity index (χ3v) is 6.71. The molecule has 11 heteroatoms. The first kappa shape index (κ1) is 25.3. The summed E-state index contributed by atoms with van der Waals surface area (Å²) in [5, 5.41) is 10.2. The lowest BCUT2D eigenvalue weighted by atomic mass is 9.91. The van der Waals surface area contributed by atoms with Crippen molar-refractivity contribution in [1.82, 2.24) is 25.3 Å². The number of hydrogen-bond donors (Lipinski definition) is 4. The number of anilines is 2. The van der Waals surface area contributed by atoms with E-state index in [-0.39, 0.29) is 29.4 Å². The molecule has 9 nitrogen and oxygen atoms in total.